The molecule has 7 unspecified atom stereocenters. The number of carbonyl (C=O) groups excluding carboxylic acids is 8. The molecule has 29 N–H and O–H groups in total. The quantitative estimate of drug-likeness (QED) is 0.0235. The molecular weight excluding hydrogens is 1260 g/mol. The van der Waals surface area contributed by atoms with Gasteiger partial charge in [0.05, 0.1) is 6.54 Å². The van der Waals surface area contributed by atoms with E-state index in [1.165, 1.54) is 0 Å². The Labute approximate surface area is 589 Å². The minimum Gasteiger partial charge on any atom is -0.370 e. The Kier molecular flexibility index (Phi) is 52.3. The van der Waals surface area contributed by atoms with Crippen LogP contribution in [-0.2, 0) is 38.4 Å². The molecule has 0 spiro atoms. The summed E-state index contributed by atoms with van der Waals surface area (Å²) in [5.41, 5.74) is 78.2. The van der Waals surface area contributed by atoms with E-state index in [0.717, 1.165) is 19.3 Å². The van der Waals surface area contributed by atoms with E-state index in [0.29, 0.717) is 219 Å². The molecule has 0 aromatic rings. The number of nitrogens with two attached hydrogens (primary N) is 14. The molecule has 30 nitrogen and oxygen atoms in total. The summed E-state index contributed by atoms with van der Waals surface area (Å²) in [4.78, 5) is 139. The Balaban J connectivity index is 6.32. The summed E-state index contributed by atoms with van der Waals surface area (Å²) in [6, 6.07) is 0. The van der Waals surface area contributed by atoms with E-state index in [1.807, 2.05) is 0 Å². The lowest BCUT2D eigenvalue weighted by atomic mass is 9.84. The molecule has 0 aliphatic heterocycles. The molecule has 0 aliphatic carbocycles. The van der Waals surface area contributed by atoms with Crippen LogP contribution in [0.4, 0.5) is 0 Å². The number of Topliss-reactive ketones (excluding diaryl/α,β-unsaturated/α-hetero) is 7. The number of aliphatic imine (C=N–C) groups is 7. The van der Waals surface area contributed by atoms with Gasteiger partial charge in [-0.25, -0.2) is 0 Å². The fourth-order valence-corrected chi connectivity index (χ4v) is 12.4. The van der Waals surface area contributed by atoms with Gasteiger partial charge in [0.1, 0.15) is 34.7 Å². The summed E-state index contributed by atoms with van der Waals surface area (Å²) in [7, 11) is 0. The van der Waals surface area contributed by atoms with Crippen molar-refractivity contribution in [2.24, 2.45) is 163 Å². The normalized spacial score (nSPS) is 13.2. The van der Waals surface area contributed by atoms with Crippen LogP contribution >= 0.6 is 0 Å². The number of nitrogens with zero attached hydrogens (tertiary/aromatic N) is 7. The number of nitrogens with one attached hydrogen (secondary N) is 1. The second-order valence-electron chi connectivity index (χ2n) is 26.7. The molecule has 566 valence electrons. The molecule has 0 saturated carbocycles. The van der Waals surface area contributed by atoms with Crippen LogP contribution in [0.5, 0.6) is 0 Å². The molecule has 30 heteroatoms. The molecule has 0 radical (unpaired) electrons. The third-order valence-corrected chi connectivity index (χ3v) is 18.0. The lowest BCUT2D eigenvalue weighted by Gasteiger charge is -2.20. The van der Waals surface area contributed by atoms with Crippen LogP contribution < -0.4 is 85.6 Å². The predicted octanol–water partition coefficient (Wildman–Crippen LogP) is 3.64. The van der Waals surface area contributed by atoms with Crippen molar-refractivity contribution in [3.8, 4) is 0 Å². The average Bonchev–Trinajstić information content (AvgIpc) is 1.06. The third kappa shape index (κ3) is 50.1. The van der Waals surface area contributed by atoms with E-state index >= 15 is 0 Å². The average molecular weight is 1400 g/mol. The van der Waals surface area contributed by atoms with Gasteiger partial charge in [0.2, 0.25) is 5.91 Å². The number of hydrogen-bond donors (Lipinski definition) is 15. The van der Waals surface area contributed by atoms with Crippen LogP contribution in [0.25, 0.3) is 0 Å². The Hall–Kier alpha value is -7.95. The topological polar surface area (TPSA) is 599 Å². The molecular formula is C69H132N22O8. The number of carbonyl (C=O) groups is 8. The Morgan fingerprint density at radius 3 is 0.606 bits per heavy atom. The van der Waals surface area contributed by atoms with Gasteiger partial charge in [-0.2, -0.15) is 0 Å². The van der Waals surface area contributed by atoms with Crippen molar-refractivity contribution in [3.05, 3.63) is 0 Å². The van der Waals surface area contributed by atoms with Crippen LogP contribution in [-0.4, -0.2) is 140 Å². The first-order valence-corrected chi connectivity index (χ1v) is 36.4. The number of unbranched alkanes of at least 4 members (excludes halogenated alkanes) is 1. The molecule has 0 saturated heterocycles. The summed E-state index contributed by atoms with van der Waals surface area (Å²) >= 11 is 0. The van der Waals surface area contributed by atoms with Gasteiger partial charge in [-0.3, -0.25) is 73.3 Å². The van der Waals surface area contributed by atoms with Crippen molar-refractivity contribution in [2.75, 3.05) is 52.4 Å². The van der Waals surface area contributed by atoms with Crippen LogP contribution in [0.2, 0.25) is 0 Å². The zero-order chi connectivity index (χ0) is 74.3. The van der Waals surface area contributed by atoms with Crippen molar-refractivity contribution in [1.29, 1.82) is 0 Å². The first-order valence-electron chi connectivity index (χ1n) is 36.4. The lowest BCUT2D eigenvalue weighted by Crippen LogP contribution is -2.36. The highest BCUT2D eigenvalue weighted by Gasteiger charge is 2.28. The van der Waals surface area contributed by atoms with Crippen molar-refractivity contribution in [3.63, 3.8) is 0 Å². The number of amides is 1. The maximum atomic E-state index is 14.3. The fraction of sp³-hybridized carbons (Fsp3) is 0.783. The van der Waals surface area contributed by atoms with E-state index in [9.17, 15) is 38.4 Å². The first kappa shape index (κ1) is 91.1. The molecule has 0 aromatic heterocycles. The second kappa shape index (κ2) is 56.9. The Morgan fingerprint density at radius 2 is 0.424 bits per heavy atom. The van der Waals surface area contributed by atoms with Crippen LogP contribution in [0.1, 0.15) is 245 Å². The van der Waals surface area contributed by atoms with Crippen LogP contribution in [0.15, 0.2) is 34.9 Å². The molecule has 7 atom stereocenters. The first-order chi connectivity index (χ1) is 47.1. The minimum atomic E-state index is -0.470. The number of hydrogen-bond acceptors (Lipinski definition) is 15. The molecule has 99 heavy (non-hydrogen) atoms. The van der Waals surface area contributed by atoms with Gasteiger partial charge in [0, 0.05) is 132 Å². The van der Waals surface area contributed by atoms with E-state index in [-0.39, 0.29) is 150 Å². The Morgan fingerprint density at radius 1 is 0.253 bits per heavy atom. The largest absolute Gasteiger partial charge is 0.370 e. The molecule has 0 bridgehead atoms. The van der Waals surface area contributed by atoms with Gasteiger partial charge in [-0.15, -0.1) is 0 Å². The van der Waals surface area contributed by atoms with E-state index in [2.05, 4.69) is 47.2 Å². The number of guanidine groups is 7. The highest BCUT2D eigenvalue weighted by atomic mass is 16.2. The van der Waals surface area contributed by atoms with Gasteiger partial charge < -0.3 is 85.6 Å². The summed E-state index contributed by atoms with van der Waals surface area (Å²) in [6.45, 7) is 7.99. The molecule has 0 fully saturated rings. The van der Waals surface area contributed by atoms with Gasteiger partial charge in [0.15, 0.2) is 47.5 Å². The number of ketones is 7. The van der Waals surface area contributed by atoms with Gasteiger partial charge in [-0.1, -0.05) is 33.6 Å². The van der Waals surface area contributed by atoms with Gasteiger partial charge in [-0.05, 0) is 173 Å². The standard InChI is InChI=1S/C69H132N22O8/c1-4-5-19-48(26-12-39-84-63(70)71)55(92)33-6-20-49(27-13-40-85-64(72)73)56(93)34-7-21-50(28-14-41-86-65(74)75)57(94)35-8-22-51(29-15-42-87-66(76)77)58(95)36-9-23-52(30-16-43-88-67(78)79)59(96)37-10-24-53(31-17-44-89-68(80)81)60(97)38-11-25-54(32-18-45-90-69(82)83)62(99)91-46-61(98)47(2)3/h47-54H,4-46H2,1-3H3,(H,91,99)(H4,70,71,84)(H4,72,73,85)(H4,74,75,86)(H4,76,77,87)(H4,78,79,88)(H4,80,81,89)(H4,82,83,90). The molecule has 0 heterocycles. The SMILES string of the molecule is CCCCC(CCCN=C(N)N)C(=O)CCCC(CCCN=C(N)N)C(=O)CCCC(CCCN=C(N)N)C(=O)CCCC(CCCN=C(N)N)C(=O)CCCC(CCCN=C(N)N)C(=O)CCCC(CCCN=C(N)N)C(=O)CCCC(CCCN=C(N)N)C(=O)NCC(=O)C(C)C. The second-order valence-corrected chi connectivity index (χ2v) is 26.7. The summed E-state index contributed by atoms with van der Waals surface area (Å²) in [5, 5.41) is 2.76. The highest BCUT2D eigenvalue weighted by Crippen LogP contribution is 2.29. The summed E-state index contributed by atoms with van der Waals surface area (Å²) in [5.74, 6) is -3.04. The van der Waals surface area contributed by atoms with Crippen LogP contribution in [0.3, 0.4) is 0 Å². The maximum absolute atomic E-state index is 14.3. The molecule has 0 aliphatic rings. The summed E-state index contributed by atoms with van der Waals surface area (Å²) < 4.78 is 0. The van der Waals surface area contributed by atoms with Crippen molar-refractivity contribution in [2.45, 2.75) is 245 Å². The zero-order valence-corrected chi connectivity index (χ0v) is 60.5. The Bertz CT molecular complexity index is 2560. The highest BCUT2D eigenvalue weighted by molar-refractivity contribution is 5.88. The van der Waals surface area contributed by atoms with Gasteiger partial charge in [0.25, 0.3) is 0 Å². The van der Waals surface area contributed by atoms with Crippen molar-refractivity contribution >= 4 is 88.1 Å². The molecule has 0 rings (SSSR count). The van der Waals surface area contributed by atoms with Crippen molar-refractivity contribution in [1.82, 2.24) is 5.32 Å². The van der Waals surface area contributed by atoms with E-state index in [1.54, 1.807) is 13.8 Å². The van der Waals surface area contributed by atoms with E-state index in [4.69, 9.17) is 80.3 Å². The van der Waals surface area contributed by atoms with Crippen molar-refractivity contribution < 1.29 is 38.4 Å². The lowest BCUT2D eigenvalue weighted by molar-refractivity contribution is -0.129. The summed E-state index contributed by atoms with van der Waals surface area (Å²) in [6.07, 6.45) is 17.2. The number of rotatable bonds is 65. The molecule has 0 aromatic carbocycles. The van der Waals surface area contributed by atoms with Gasteiger partial charge >= 0.3 is 0 Å². The molecule has 1 amide bonds. The minimum absolute atomic E-state index is 0.00695. The monoisotopic (exact) mass is 1400 g/mol. The maximum Gasteiger partial charge on any atom is 0.223 e. The third-order valence-electron chi connectivity index (χ3n) is 18.0. The zero-order valence-electron chi connectivity index (χ0n) is 60.5. The van der Waals surface area contributed by atoms with Crippen LogP contribution in [0, 0.1) is 47.3 Å². The van der Waals surface area contributed by atoms with E-state index < -0.39 is 23.7 Å². The fourth-order valence-electron chi connectivity index (χ4n) is 12.4. The smallest absolute Gasteiger partial charge is 0.223 e. The predicted molar refractivity (Wildman–Crippen MR) is 399 cm³/mol.